The molecule has 0 saturated carbocycles. The van der Waals surface area contributed by atoms with Gasteiger partial charge in [0.15, 0.2) is 0 Å². The zero-order valence-corrected chi connectivity index (χ0v) is 12.9. The summed E-state index contributed by atoms with van der Waals surface area (Å²) in [5.41, 5.74) is 0. The molecule has 2 aliphatic heterocycles. The van der Waals surface area contributed by atoms with E-state index in [0.717, 1.165) is 39.0 Å². The highest BCUT2D eigenvalue weighted by Crippen LogP contribution is 2.15. The molecular formula is C15H30N2O3. The van der Waals surface area contributed by atoms with Crippen LogP contribution in [-0.4, -0.2) is 74.8 Å². The highest BCUT2D eigenvalue weighted by Gasteiger charge is 2.24. The predicted molar refractivity (Wildman–Crippen MR) is 78.9 cm³/mol. The van der Waals surface area contributed by atoms with Crippen molar-refractivity contribution < 1.29 is 14.6 Å². The maximum Gasteiger partial charge on any atom is 0.0897 e. The van der Waals surface area contributed by atoms with Crippen LogP contribution in [-0.2, 0) is 9.47 Å². The zero-order chi connectivity index (χ0) is 14.4. The number of ether oxygens (including phenoxy) is 2. The van der Waals surface area contributed by atoms with Crippen LogP contribution in [0.1, 0.15) is 26.2 Å². The molecule has 2 saturated heterocycles. The molecule has 5 heteroatoms. The van der Waals surface area contributed by atoms with Crippen LogP contribution in [0.5, 0.6) is 0 Å². The Morgan fingerprint density at radius 2 is 2.30 bits per heavy atom. The number of hydrogen-bond donors (Lipinski definition) is 2. The Labute approximate surface area is 122 Å². The van der Waals surface area contributed by atoms with Crippen LogP contribution in [0.2, 0.25) is 0 Å². The molecule has 0 radical (unpaired) electrons. The van der Waals surface area contributed by atoms with Crippen molar-refractivity contribution >= 4 is 0 Å². The zero-order valence-electron chi connectivity index (χ0n) is 12.9. The molecule has 20 heavy (non-hydrogen) atoms. The van der Waals surface area contributed by atoms with E-state index in [1.54, 1.807) is 0 Å². The van der Waals surface area contributed by atoms with E-state index in [4.69, 9.17) is 9.47 Å². The number of nitrogens with one attached hydrogen (secondary N) is 1. The van der Waals surface area contributed by atoms with Gasteiger partial charge >= 0.3 is 0 Å². The van der Waals surface area contributed by atoms with Gasteiger partial charge in [-0.15, -0.1) is 0 Å². The second kappa shape index (κ2) is 8.29. The maximum atomic E-state index is 9.95. The van der Waals surface area contributed by atoms with Crippen LogP contribution >= 0.6 is 0 Å². The fourth-order valence-electron chi connectivity index (χ4n) is 3.12. The quantitative estimate of drug-likeness (QED) is 0.713. The molecule has 2 fully saturated rings. The molecule has 2 heterocycles. The molecule has 0 aromatic carbocycles. The summed E-state index contributed by atoms with van der Waals surface area (Å²) in [5.74, 6) is 0.633. The van der Waals surface area contributed by atoms with Gasteiger partial charge in [-0.2, -0.15) is 0 Å². The van der Waals surface area contributed by atoms with E-state index in [9.17, 15) is 5.11 Å². The van der Waals surface area contributed by atoms with E-state index in [1.165, 1.54) is 0 Å². The molecule has 0 bridgehead atoms. The minimum atomic E-state index is -0.428. The summed E-state index contributed by atoms with van der Waals surface area (Å²) in [6.07, 6.45) is 3.18. The molecule has 2 aliphatic rings. The monoisotopic (exact) mass is 286 g/mol. The lowest BCUT2D eigenvalue weighted by molar-refractivity contribution is -0.0178. The number of hydrogen-bond acceptors (Lipinski definition) is 5. The normalized spacial score (nSPS) is 33.5. The van der Waals surface area contributed by atoms with Gasteiger partial charge in [-0.25, -0.2) is 0 Å². The Bertz CT molecular complexity index is 272. The lowest BCUT2D eigenvalue weighted by atomic mass is 9.94. The van der Waals surface area contributed by atoms with Gasteiger partial charge in [0.25, 0.3) is 0 Å². The van der Waals surface area contributed by atoms with Crippen LogP contribution in [0.3, 0.4) is 0 Å². The van der Waals surface area contributed by atoms with Gasteiger partial charge in [-0.1, -0.05) is 6.92 Å². The first-order valence-corrected chi connectivity index (χ1v) is 7.94. The van der Waals surface area contributed by atoms with Crippen molar-refractivity contribution in [2.75, 3.05) is 46.5 Å². The molecule has 0 amide bonds. The molecule has 0 aliphatic carbocycles. The average Bonchev–Trinajstić information content (AvgIpc) is 2.91. The van der Waals surface area contributed by atoms with E-state index in [2.05, 4.69) is 24.2 Å². The summed E-state index contributed by atoms with van der Waals surface area (Å²) in [6.45, 7) is 7.01. The van der Waals surface area contributed by atoms with E-state index in [1.807, 2.05) is 0 Å². The SMILES string of the molecule is CC1CN(C)CCC1NCC(O)COCC1CCCO1. The lowest BCUT2D eigenvalue weighted by Gasteiger charge is -2.35. The Kier molecular flexibility index (Phi) is 6.71. The van der Waals surface area contributed by atoms with Gasteiger partial charge < -0.3 is 24.8 Å². The number of piperidine rings is 1. The second-order valence-corrected chi connectivity index (χ2v) is 6.37. The summed E-state index contributed by atoms with van der Waals surface area (Å²) in [6, 6.07) is 0.513. The summed E-state index contributed by atoms with van der Waals surface area (Å²) >= 11 is 0. The molecule has 4 atom stereocenters. The first kappa shape index (κ1) is 16.2. The van der Waals surface area contributed by atoms with Crippen molar-refractivity contribution in [3.05, 3.63) is 0 Å². The van der Waals surface area contributed by atoms with Gasteiger partial charge in [-0.05, 0) is 38.8 Å². The number of aliphatic hydroxyl groups excluding tert-OH is 1. The Morgan fingerprint density at radius 3 is 3.00 bits per heavy atom. The van der Waals surface area contributed by atoms with E-state index >= 15 is 0 Å². The third-order valence-corrected chi connectivity index (χ3v) is 4.36. The van der Waals surface area contributed by atoms with Crippen LogP contribution < -0.4 is 5.32 Å². The Balaban J connectivity index is 1.54. The van der Waals surface area contributed by atoms with E-state index < -0.39 is 6.10 Å². The van der Waals surface area contributed by atoms with Gasteiger partial charge in [0, 0.05) is 25.7 Å². The fraction of sp³-hybridized carbons (Fsp3) is 1.00. The van der Waals surface area contributed by atoms with E-state index in [0.29, 0.717) is 31.7 Å². The summed E-state index contributed by atoms with van der Waals surface area (Å²) in [4.78, 5) is 2.37. The summed E-state index contributed by atoms with van der Waals surface area (Å²) in [5, 5.41) is 13.4. The van der Waals surface area contributed by atoms with Gasteiger partial charge in [0.1, 0.15) is 0 Å². The van der Waals surface area contributed by atoms with Crippen LogP contribution in [0.4, 0.5) is 0 Å². The van der Waals surface area contributed by atoms with Gasteiger partial charge in [0.05, 0.1) is 25.4 Å². The van der Waals surface area contributed by atoms with Crippen molar-refractivity contribution in [2.24, 2.45) is 5.92 Å². The van der Waals surface area contributed by atoms with Gasteiger partial charge in [0.2, 0.25) is 0 Å². The molecule has 2 N–H and O–H groups in total. The van der Waals surface area contributed by atoms with Crippen molar-refractivity contribution in [1.82, 2.24) is 10.2 Å². The topological polar surface area (TPSA) is 54.0 Å². The second-order valence-electron chi connectivity index (χ2n) is 6.37. The smallest absolute Gasteiger partial charge is 0.0897 e. The third-order valence-electron chi connectivity index (χ3n) is 4.36. The number of nitrogens with zero attached hydrogens (tertiary/aromatic N) is 1. The van der Waals surface area contributed by atoms with Crippen LogP contribution in [0.15, 0.2) is 0 Å². The molecule has 2 rings (SSSR count). The molecule has 5 nitrogen and oxygen atoms in total. The number of likely N-dealkylation sites (tertiary alicyclic amines) is 1. The lowest BCUT2D eigenvalue weighted by Crippen LogP contribution is -2.49. The molecule has 0 aromatic rings. The summed E-state index contributed by atoms with van der Waals surface area (Å²) in [7, 11) is 2.17. The largest absolute Gasteiger partial charge is 0.389 e. The molecule has 118 valence electrons. The Hall–Kier alpha value is -0.200. The van der Waals surface area contributed by atoms with Crippen molar-refractivity contribution in [3.8, 4) is 0 Å². The summed E-state index contributed by atoms with van der Waals surface area (Å²) < 4.78 is 11.0. The molecule has 4 unspecified atom stereocenters. The van der Waals surface area contributed by atoms with E-state index in [-0.39, 0.29) is 6.10 Å². The standard InChI is InChI=1S/C15H30N2O3/c1-12-9-17(2)6-5-15(12)16-8-13(18)10-19-11-14-4-3-7-20-14/h12-16,18H,3-11H2,1-2H3. The first-order chi connectivity index (χ1) is 9.65. The average molecular weight is 286 g/mol. The predicted octanol–water partition coefficient (Wildman–Crippen LogP) is 0.473. The fourth-order valence-corrected chi connectivity index (χ4v) is 3.12. The van der Waals surface area contributed by atoms with Crippen molar-refractivity contribution in [1.29, 1.82) is 0 Å². The number of rotatable bonds is 7. The highest BCUT2D eigenvalue weighted by molar-refractivity contribution is 4.82. The minimum absolute atomic E-state index is 0.240. The third kappa shape index (κ3) is 5.30. The molecular weight excluding hydrogens is 256 g/mol. The molecule has 0 aromatic heterocycles. The minimum Gasteiger partial charge on any atom is -0.389 e. The maximum absolute atomic E-state index is 9.95. The van der Waals surface area contributed by atoms with Crippen LogP contribution in [0.25, 0.3) is 0 Å². The van der Waals surface area contributed by atoms with Crippen LogP contribution in [0, 0.1) is 5.92 Å². The van der Waals surface area contributed by atoms with Crippen molar-refractivity contribution in [2.45, 2.75) is 44.4 Å². The molecule has 0 spiro atoms. The Morgan fingerprint density at radius 1 is 1.45 bits per heavy atom. The van der Waals surface area contributed by atoms with Crippen molar-refractivity contribution in [3.63, 3.8) is 0 Å². The number of aliphatic hydroxyl groups is 1. The highest BCUT2D eigenvalue weighted by atomic mass is 16.5. The first-order valence-electron chi connectivity index (χ1n) is 7.94. The van der Waals surface area contributed by atoms with Gasteiger partial charge in [-0.3, -0.25) is 0 Å².